The van der Waals surface area contributed by atoms with Gasteiger partial charge >= 0.3 is 0 Å². The average molecular weight is 615 g/mol. The molecule has 11 rings (SSSR count). The first-order chi connectivity index (χ1) is 28.0. The molecule has 0 aromatic heterocycles. The molecule has 0 aliphatic rings. The second-order valence-electron chi connectivity index (χ2n) is 12.4. The van der Waals surface area contributed by atoms with E-state index in [0.29, 0.717) is 11.1 Å². The van der Waals surface area contributed by atoms with Crippen LogP contribution in [0.5, 0.6) is 0 Å². The highest BCUT2D eigenvalue weighted by molar-refractivity contribution is 6.27. The summed E-state index contributed by atoms with van der Waals surface area (Å²) in [6, 6.07) is 31.2. The van der Waals surface area contributed by atoms with Gasteiger partial charge in [-0.05, 0) is 121 Å². The Hall–Kier alpha value is -6.24. The lowest BCUT2D eigenvalue weighted by molar-refractivity contribution is 1.62. The standard InChI is InChI=1S/C48H28/c1-2-12-37-35(7-1)27-36(38-23-19-33-17-15-29-8-5-10-31-21-25-42(38)47(33)45(29)31)28-44(37)40-14-4-3-13-39(40)41-24-20-34-18-16-30-9-6-11-32-22-26-43(41)48(34)46(30)32/h1-28H/i1D,2D,3D,4D,7D,12D,13D,14D,27D,28D. The number of benzene rings is 11. The van der Waals surface area contributed by atoms with Crippen LogP contribution in [0.1, 0.15) is 13.7 Å². The van der Waals surface area contributed by atoms with Crippen molar-refractivity contribution in [3.05, 3.63) is 170 Å². The molecule has 0 fully saturated rings. The van der Waals surface area contributed by atoms with Gasteiger partial charge in [0.1, 0.15) is 0 Å². The molecule has 0 radical (unpaired) electrons. The van der Waals surface area contributed by atoms with Crippen molar-refractivity contribution in [1.29, 1.82) is 0 Å². The molecule has 11 aromatic rings. The molecule has 0 saturated carbocycles. The first-order valence-electron chi connectivity index (χ1n) is 21.0. The van der Waals surface area contributed by atoms with Crippen LogP contribution in [-0.2, 0) is 0 Å². The Balaban J connectivity index is 1.35. The molecule has 0 unspecified atom stereocenters. The zero-order valence-electron chi connectivity index (χ0n) is 35.4. The third-order valence-corrected chi connectivity index (χ3v) is 9.97. The molecule has 0 saturated heterocycles. The van der Waals surface area contributed by atoms with Crippen molar-refractivity contribution in [2.75, 3.05) is 0 Å². The fourth-order valence-corrected chi connectivity index (χ4v) is 7.87. The van der Waals surface area contributed by atoms with Crippen LogP contribution in [0.4, 0.5) is 0 Å². The zero-order valence-corrected chi connectivity index (χ0v) is 25.4. The largest absolute Gasteiger partial charge is 0.0636 e. The Bertz CT molecular complexity index is 3600. The maximum absolute atomic E-state index is 10.1. The number of rotatable bonds is 3. The molecule has 0 bridgehead atoms. The molecular weight excluding hydrogens is 577 g/mol. The molecule has 11 aromatic carbocycles. The van der Waals surface area contributed by atoms with E-state index < -0.39 is 42.3 Å². The molecule has 220 valence electrons. The number of hydrogen-bond donors (Lipinski definition) is 0. The van der Waals surface area contributed by atoms with Gasteiger partial charge in [-0.3, -0.25) is 0 Å². The van der Waals surface area contributed by atoms with Gasteiger partial charge in [0.2, 0.25) is 0 Å². The van der Waals surface area contributed by atoms with Crippen molar-refractivity contribution in [1.82, 2.24) is 0 Å². The molecule has 0 atom stereocenters. The molecular formula is C48H28. The summed E-state index contributed by atoms with van der Waals surface area (Å²) in [6.45, 7) is 0. The Labute approximate surface area is 291 Å². The molecule has 0 aliphatic carbocycles. The predicted octanol–water partition coefficient (Wildman–Crippen LogP) is 13.6. The highest BCUT2D eigenvalue weighted by Crippen LogP contribution is 2.45. The summed E-state index contributed by atoms with van der Waals surface area (Å²) in [5.41, 5.74) is 1.03. The fourth-order valence-electron chi connectivity index (χ4n) is 7.87. The summed E-state index contributed by atoms with van der Waals surface area (Å²) in [6.07, 6.45) is 0. The first-order valence-corrected chi connectivity index (χ1v) is 16.0. The van der Waals surface area contributed by atoms with Gasteiger partial charge < -0.3 is 0 Å². The summed E-state index contributed by atoms with van der Waals surface area (Å²) < 4.78 is 92.7. The molecule has 0 heterocycles. The minimum absolute atomic E-state index is 0.0694. The van der Waals surface area contributed by atoms with Gasteiger partial charge in [-0.1, -0.05) is 158 Å². The third-order valence-electron chi connectivity index (χ3n) is 9.97. The highest BCUT2D eigenvalue weighted by atomic mass is 14.2. The van der Waals surface area contributed by atoms with Crippen molar-refractivity contribution >= 4 is 75.4 Å². The molecule has 0 heteroatoms. The minimum atomic E-state index is -0.571. The molecule has 0 spiro atoms. The van der Waals surface area contributed by atoms with E-state index in [1.807, 2.05) is 97.1 Å². The van der Waals surface area contributed by atoms with Gasteiger partial charge in [0, 0.05) is 0 Å². The van der Waals surface area contributed by atoms with Crippen LogP contribution in [0.15, 0.2) is 170 Å². The van der Waals surface area contributed by atoms with E-state index >= 15 is 0 Å². The van der Waals surface area contributed by atoms with Gasteiger partial charge in [0.25, 0.3) is 0 Å². The summed E-state index contributed by atoms with van der Waals surface area (Å²) in [4.78, 5) is 0. The van der Waals surface area contributed by atoms with Gasteiger partial charge in [-0.25, -0.2) is 0 Å². The van der Waals surface area contributed by atoms with E-state index in [1.165, 1.54) is 0 Å². The molecule has 0 nitrogen and oxygen atoms in total. The smallest absolute Gasteiger partial charge is 0.0616 e. The van der Waals surface area contributed by atoms with Crippen molar-refractivity contribution < 1.29 is 13.7 Å². The van der Waals surface area contributed by atoms with E-state index in [1.54, 1.807) is 0 Å². The maximum Gasteiger partial charge on any atom is 0.0636 e. The third kappa shape index (κ3) is 3.55. The highest BCUT2D eigenvalue weighted by Gasteiger charge is 2.18. The van der Waals surface area contributed by atoms with Gasteiger partial charge in [0.05, 0.1) is 13.7 Å². The summed E-state index contributed by atoms with van der Waals surface area (Å²) in [5, 5.41) is 11.1. The lowest BCUT2D eigenvalue weighted by atomic mass is 9.85. The van der Waals surface area contributed by atoms with Crippen LogP contribution in [0.2, 0.25) is 0 Å². The van der Waals surface area contributed by atoms with Gasteiger partial charge in [-0.2, -0.15) is 0 Å². The van der Waals surface area contributed by atoms with Crippen LogP contribution >= 0.6 is 0 Å². The predicted molar refractivity (Wildman–Crippen MR) is 208 cm³/mol. The van der Waals surface area contributed by atoms with Gasteiger partial charge in [0.15, 0.2) is 0 Å². The molecule has 0 amide bonds. The van der Waals surface area contributed by atoms with Crippen LogP contribution in [0.25, 0.3) is 109 Å². The summed E-state index contributed by atoms with van der Waals surface area (Å²) >= 11 is 0. The van der Waals surface area contributed by atoms with E-state index in [2.05, 4.69) is 12.1 Å². The zero-order chi connectivity index (χ0) is 40.0. The Morgan fingerprint density at radius 3 is 1.38 bits per heavy atom. The second-order valence-corrected chi connectivity index (χ2v) is 12.4. The SMILES string of the molecule is [2H]c1c([2H])c([2H])c(-c2c([2H])c(-c3ccc4ccc5cccc6ccc3c4c56)c([2H])c3c([2H])c([2H])c([2H])c([2H])c23)c(-c2ccc3ccc4cccc5ccc2c3c45)c1[2H]. The quantitative estimate of drug-likeness (QED) is 0.174. The van der Waals surface area contributed by atoms with Gasteiger partial charge in [-0.15, -0.1) is 0 Å². The lowest BCUT2D eigenvalue weighted by Crippen LogP contribution is -1.92. The van der Waals surface area contributed by atoms with Crippen LogP contribution in [0, 0.1) is 0 Å². The molecule has 0 N–H and O–H groups in total. The lowest BCUT2D eigenvalue weighted by Gasteiger charge is -2.19. The summed E-state index contributed by atoms with van der Waals surface area (Å²) in [7, 11) is 0. The Morgan fingerprint density at radius 1 is 0.292 bits per heavy atom. The van der Waals surface area contributed by atoms with E-state index in [4.69, 9.17) is 5.48 Å². The monoisotopic (exact) mass is 614 g/mol. The summed E-state index contributed by atoms with van der Waals surface area (Å²) in [5.74, 6) is 0. The number of hydrogen-bond acceptors (Lipinski definition) is 0. The van der Waals surface area contributed by atoms with E-state index in [0.717, 1.165) is 64.6 Å². The van der Waals surface area contributed by atoms with Crippen LogP contribution in [-0.4, -0.2) is 0 Å². The topological polar surface area (TPSA) is 0 Å². The fraction of sp³-hybridized carbons (Fsp3) is 0. The number of fused-ring (bicyclic) bond motifs is 1. The van der Waals surface area contributed by atoms with E-state index in [9.17, 15) is 8.22 Å². The first kappa shape index (κ1) is 18.2. The van der Waals surface area contributed by atoms with Crippen molar-refractivity contribution in [3.63, 3.8) is 0 Å². The van der Waals surface area contributed by atoms with Crippen molar-refractivity contribution in [3.8, 4) is 33.4 Å². The van der Waals surface area contributed by atoms with Crippen LogP contribution in [0.3, 0.4) is 0 Å². The normalized spacial score (nSPS) is 15.1. The van der Waals surface area contributed by atoms with E-state index in [-0.39, 0.29) is 51.2 Å². The maximum atomic E-state index is 10.1. The minimum Gasteiger partial charge on any atom is -0.0616 e. The van der Waals surface area contributed by atoms with Crippen molar-refractivity contribution in [2.45, 2.75) is 0 Å². The average Bonchev–Trinajstić information content (AvgIpc) is 3.24. The van der Waals surface area contributed by atoms with Crippen molar-refractivity contribution in [2.24, 2.45) is 0 Å². The Morgan fingerprint density at radius 2 is 0.750 bits per heavy atom. The molecule has 48 heavy (non-hydrogen) atoms. The van der Waals surface area contributed by atoms with Crippen LogP contribution < -0.4 is 0 Å². The Kier molecular flexibility index (Phi) is 3.65. The molecule has 0 aliphatic heterocycles. The second kappa shape index (κ2) is 9.64.